The molecule has 4 N–H and O–H groups in total. The Morgan fingerprint density at radius 2 is 2.14 bits per heavy atom. The quantitative estimate of drug-likeness (QED) is 0.359. The first-order valence-corrected chi connectivity index (χ1v) is 12.4. The standard InChI is InChI=1S/C28H30N2O7/c1-4-14(2)27(34)36-21-12-18-23(33)22-20(32)11-16(13-31)35-25(22)19-10-15-7-9-30-26(29)17(15)6-5-8-28(21,3)37-24(18)19/h4,7,9,11,21,31,33H,5-6,8,10,12-13H2,1-3H3,(H2,29,30)/b14-4-/t21-,28+/m1/s1. The highest BCUT2D eigenvalue weighted by molar-refractivity contribution is 5.91. The number of nitrogens with two attached hydrogens (primary N) is 1. The molecule has 37 heavy (non-hydrogen) atoms. The summed E-state index contributed by atoms with van der Waals surface area (Å²) in [6.07, 6.45) is 4.92. The maximum Gasteiger partial charge on any atom is 0.333 e. The monoisotopic (exact) mass is 506 g/mol. The number of ether oxygens (including phenoxy) is 2. The normalized spacial score (nSPS) is 21.2. The van der Waals surface area contributed by atoms with Crippen molar-refractivity contribution in [3.63, 3.8) is 0 Å². The van der Waals surface area contributed by atoms with E-state index in [1.54, 1.807) is 26.1 Å². The molecule has 4 heterocycles. The number of rotatable bonds is 3. The second-order valence-corrected chi connectivity index (χ2v) is 9.92. The molecular formula is C28H30N2O7. The number of carbonyl (C=O) groups is 1. The van der Waals surface area contributed by atoms with Crippen LogP contribution in [0, 0.1) is 0 Å². The number of hydrogen-bond acceptors (Lipinski definition) is 9. The lowest BCUT2D eigenvalue weighted by Gasteiger charge is -2.43. The van der Waals surface area contributed by atoms with E-state index in [2.05, 4.69) is 4.98 Å². The van der Waals surface area contributed by atoms with Crippen molar-refractivity contribution in [3.8, 4) is 11.5 Å². The molecule has 3 aromatic rings. The average Bonchev–Trinajstić information content (AvgIpc) is 2.87. The maximum absolute atomic E-state index is 13.1. The highest BCUT2D eigenvalue weighted by Crippen LogP contribution is 2.48. The number of aliphatic hydroxyl groups excluding tert-OH is 1. The van der Waals surface area contributed by atoms with Gasteiger partial charge in [-0.2, -0.15) is 0 Å². The van der Waals surface area contributed by atoms with Crippen LogP contribution < -0.4 is 15.9 Å². The highest BCUT2D eigenvalue weighted by atomic mass is 16.6. The van der Waals surface area contributed by atoms with Gasteiger partial charge in [-0.05, 0) is 57.2 Å². The van der Waals surface area contributed by atoms with E-state index in [1.807, 2.05) is 13.0 Å². The van der Waals surface area contributed by atoms with Gasteiger partial charge in [-0.3, -0.25) is 4.79 Å². The van der Waals surface area contributed by atoms with Gasteiger partial charge in [0.05, 0.1) is 0 Å². The third-order valence-electron chi connectivity index (χ3n) is 7.56. The van der Waals surface area contributed by atoms with Crippen LogP contribution in [-0.2, 0) is 35.4 Å². The Labute approximate surface area is 213 Å². The molecule has 9 heteroatoms. The Balaban J connectivity index is 1.80. The molecule has 194 valence electrons. The van der Waals surface area contributed by atoms with Crippen LogP contribution >= 0.6 is 0 Å². The number of anilines is 1. The van der Waals surface area contributed by atoms with E-state index >= 15 is 0 Å². The number of esters is 1. The van der Waals surface area contributed by atoms with Gasteiger partial charge in [0, 0.05) is 41.8 Å². The summed E-state index contributed by atoms with van der Waals surface area (Å²) in [7, 11) is 0. The molecule has 0 unspecified atom stereocenters. The number of phenols is 1. The lowest BCUT2D eigenvalue weighted by molar-refractivity contribution is -0.159. The zero-order valence-electron chi connectivity index (χ0n) is 21.1. The van der Waals surface area contributed by atoms with Gasteiger partial charge in [0.15, 0.2) is 5.43 Å². The average molecular weight is 507 g/mol. The highest BCUT2D eigenvalue weighted by Gasteiger charge is 2.46. The van der Waals surface area contributed by atoms with Crippen molar-refractivity contribution >= 4 is 22.8 Å². The second-order valence-electron chi connectivity index (χ2n) is 9.92. The fraction of sp³-hybridized carbons (Fsp3) is 0.393. The number of pyridine rings is 1. The van der Waals surface area contributed by atoms with E-state index in [0.717, 1.165) is 17.2 Å². The Bertz CT molecular complexity index is 1510. The van der Waals surface area contributed by atoms with E-state index in [-0.39, 0.29) is 28.9 Å². The number of fused-ring (bicyclic) bond motifs is 4. The third kappa shape index (κ3) is 4.13. The lowest BCUT2D eigenvalue weighted by Crippen LogP contribution is -2.51. The number of nitrogen functional groups attached to an aromatic ring is 1. The summed E-state index contributed by atoms with van der Waals surface area (Å²) in [5.74, 6) is 0.149. The van der Waals surface area contributed by atoms with Crippen LogP contribution in [0.4, 0.5) is 5.82 Å². The van der Waals surface area contributed by atoms with E-state index in [0.29, 0.717) is 54.0 Å². The molecular weight excluding hydrogens is 476 g/mol. The number of hydrogen-bond donors (Lipinski definition) is 3. The molecule has 0 amide bonds. The maximum atomic E-state index is 13.1. The van der Waals surface area contributed by atoms with Crippen LogP contribution in [0.5, 0.6) is 11.5 Å². The number of aliphatic hydroxyl groups is 1. The molecule has 2 bridgehead atoms. The SMILES string of the molecule is C/C=C(/C)C(=O)O[C@@H]1Cc2c3c(c4oc(CO)cc(=O)c4c2O)Cc2ccnc(N)c2CCC[C@]1(C)O3. The number of aromatic hydroxyl groups is 1. The van der Waals surface area contributed by atoms with Gasteiger partial charge < -0.3 is 29.8 Å². The van der Waals surface area contributed by atoms with Crippen molar-refractivity contribution < 1.29 is 28.9 Å². The predicted octanol–water partition coefficient (Wildman–Crippen LogP) is 3.47. The second kappa shape index (κ2) is 9.23. The fourth-order valence-corrected chi connectivity index (χ4v) is 5.30. The Morgan fingerprint density at radius 1 is 1.35 bits per heavy atom. The van der Waals surface area contributed by atoms with Crippen LogP contribution in [0.2, 0.25) is 0 Å². The zero-order valence-corrected chi connectivity index (χ0v) is 21.1. The molecule has 0 saturated heterocycles. The molecule has 5 rings (SSSR count). The number of nitrogens with zero attached hydrogens (tertiary/aromatic N) is 1. The minimum absolute atomic E-state index is 0.00602. The molecule has 2 aliphatic rings. The Hall–Kier alpha value is -3.85. The minimum atomic E-state index is -0.922. The van der Waals surface area contributed by atoms with Crippen molar-refractivity contribution in [1.29, 1.82) is 0 Å². The number of carbonyl (C=O) groups excluding carboxylic acids is 1. The molecule has 0 fully saturated rings. The number of allylic oxidation sites excluding steroid dienone is 1. The Kier molecular flexibility index (Phi) is 6.19. The fourth-order valence-electron chi connectivity index (χ4n) is 5.30. The predicted molar refractivity (Wildman–Crippen MR) is 137 cm³/mol. The summed E-state index contributed by atoms with van der Waals surface area (Å²) in [4.78, 5) is 30.1. The van der Waals surface area contributed by atoms with Crippen molar-refractivity contribution in [2.24, 2.45) is 0 Å². The van der Waals surface area contributed by atoms with E-state index in [9.17, 15) is 19.8 Å². The van der Waals surface area contributed by atoms with Crippen molar-refractivity contribution in [2.45, 2.75) is 71.2 Å². The summed E-state index contributed by atoms with van der Waals surface area (Å²) in [5.41, 5.74) is 8.20. The van der Waals surface area contributed by atoms with Crippen LogP contribution in [0.1, 0.15) is 61.6 Å². The molecule has 2 aliphatic heterocycles. The van der Waals surface area contributed by atoms with Gasteiger partial charge >= 0.3 is 5.97 Å². The molecule has 0 radical (unpaired) electrons. The van der Waals surface area contributed by atoms with Gasteiger partial charge in [0.1, 0.15) is 52.4 Å². The van der Waals surface area contributed by atoms with Gasteiger partial charge in [0.2, 0.25) is 0 Å². The van der Waals surface area contributed by atoms with Crippen LogP contribution in [-0.4, -0.2) is 32.9 Å². The van der Waals surface area contributed by atoms with E-state index < -0.39 is 29.7 Å². The summed E-state index contributed by atoms with van der Waals surface area (Å²) in [6.45, 7) is 4.85. The van der Waals surface area contributed by atoms with Crippen molar-refractivity contribution in [1.82, 2.24) is 4.98 Å². The van der Waals surface area contributed by atoms with Crippen LogP contribution in [0.25, 0.3) is 11.0 Å². The molecule has 2 atom stereocenters. The summed E-state index contributed by atoms with van der Waals surface area (Å²) in [5, 5.41) is 21.0. The van der Waals surface area contributed by atoms with Gasteiger partial charge in [-0.25, -0.2) is 9.78 Å². The first-order chi connectivity index (χ1) is 17.7. The number of benzene rings is 1. The van der Waals surface area contributed by atoms with Crippen molar-refractivity contribution in [3.05, 3.63) is 68.2 Å². The molecule has 0 saturated carbocycles. The number of aromatic nitrogens is 1. The lowest BCUT2D eigenvalue weighted by atomic mass is 9.81. The van der Waals surface area contributed by atoms with Crippen molar-refractivity contribution in [2.75, 3.05) is 5.73 Å². The smallest absolute Gasteiger partial charge is 0.333 e. The largest absolute Gasteiger partial charge is 0.507 e. The van der Waals surface area contributed by atoms with E-state index in [1.165, 1.54) is 0 Å². The Morgan fingerprint density at radius 3 is 2.86 bits per heavy atom. The molecule has 0 aliphatic carbocycles. The molecule has 1 aromatic carbocycles. The molecule has 9 nitrogen and oxygen atoms in total. The van der Waals surface area contributed by atoms with Crippen LogP contribution in [0.15, 0.2) is 39.2 Å². The minimum Gasteiger partial charge on any atom is -0.507 e. The van der Waals surface area contributed by atoms with E-state index in [4.69, 9.17) is 19.6 Å². The first-order valence-electron chi connectivity index (χ1n) is 12.4. The number of phenolic OH excluding ortho intramolecular Hbond substituents is 1. The zero-order chi connectivity index (χ0) is 26.5. The third-order valence-corrected chi connectivity index (χ3v) is 7.56. The first kappa shape index (κ1) is 24.8. The summed E-state index contributed by atoms with van der Waals surface area (Å²) >= 11 is 0. The molecule has 2 aromatic heterocycles. The van der Waals surface area contributed by atoms with Gasteiger partial charge in [-0.15, -0.1) is 0 Å². The van der Waals surface area contributed by atoms with Gasteiger partial charge in [-0.1, -0.05) is 6.08 Å². The van der Waals surface area contributed by atoms with Gasteiger partial charge in [0.25, 0.3) is 0 Å². The van der Waals surface area contributed by atoms with Crippen LogP contribution in [0.3, 0.4) is 0 Å². The topological polar surface area (TPSA) is 145 Å². The summed E-state index contributed by atoms with van der Waals surface area (Å²) in [6, 6.07) is 3.04. The molecule has 0 spiro atoms. The summed E-state index contributed by atoms with van der Waals surface area (Å²) < 4.78 is 18.5.